The molecule has 0 aromatic heterocycles. The summed E-state index contributed by atoms with van der Waals surface area (Å²) >= 11 is 0. The smallest absolute Gasteiger partial charge is 0.188 e. The molecule has 0 saturated carbocycles. The molecular formula is C15H20O4. The lowest BCUT2D eigenvalue weighted by atomic mass is 9.75. The molecule has 1 fully saturated rings. The number of ketones is 2. The second-order valence-corrected chi connectivity index (χ2v) is 6.02. The predicted molar refractivity (Wildman–Crippen MR) is 70.6 cm³/mol. The van der Waals surface area contributed by atoms with Gasteiger partial charge in [0.1, 0.15) is 5.60 Å². The molecule has 1 heterocycles. The number of carbonyl (C=O) groups is 2. The van der Waals surface area contributed by atoms with Crippen molar-refractivity contribution in [3.8, 4) is 0 Å². The van der Waals surface area contributed by atoms with Crippen LogP contribution in [0, 0.1) is 5.92 Å². The summed E-state index contributed by atoms with van der Waals surface area (Å²) in [5.74, 6) is -0.520. The quantitative estimate of drug-likeness (QED) is 0.769. The third-order valence-electron chi connectivity index (χ3n) is 4.12. The van der Waals surface area contributed by atoms with Gasteiger partial charge in [0.05, 0.1) is 11.7 Å². The molecule has 3 unspecified atom stereocenters. The van der Waals surface area contributed by atoms with Crippen LogP contribution in [0.1, 0.15) is 33.6 Å². The zero-order valence-corrected chi connectivity index (χ0v) is 11.6. The molecule has 1 saturated heterocycles. The average molecular weight is 264 g/mol. The van der Waals surface area contributed by atoms with Crippen LogP contribution in [0.2, 0.25) is 0 Å². The van der Waals surface area contributed by atoms with Crippen molar-refractivity contribution in [3.63, 3.8) is 0 Å². The van der Waals surface area contributed by atoms with Gasteiger partial charge in [-0.05, 0) is 38.8 Å². The Morgan fingerprint density at radius 2 is 2.16 bits per heavy atom. The van der Waals surface area contributed by atoms with Crippen molar-refractivity contribution in [2.45, 2.75) is 50.9 Å². The maximum atomic E-state index is 12.3. The fourth-order valence-corrected chi connectivity index (χ4v) is 2.81. The first-order chi connectivity index (χ1) is 8.70. The molecule has 4 heteroatoms. The second-order valence-electron chi connectivity index (χ2n) is 6.02. The molecular weight excluding hydrogens is 244 g/mol. The Labute approximate surface area is 113 Å². The third kappa shape index (κ3) is 2.19. The largest absolute Gasteiger partial charge is 0.388 e. The van der Waals surface area contributed by atoms with Gasteiger partial charge in [0.15, 0.2) is 11.6 Å². The van der Waals surface area contributed by atoms with Gasteiger partial charge >= 0.3 is 0 Å². The van der Waals surface area contributed by atoms with Gasteiger partial charge in [-0.15, -0.1) is 6.58 Å². The van der Waals surface area contributed by atoms with E-state index in [1.807, 2.05) is 0 Å². The lowest BCUT2D eigenvalue weighted by Gasteiger charge is -2.34. The molecule has 1 spiro atoms. The Balaban J connectivity index is 2.40. The number of aliphatic hydroxyl groups is 1. The number of ether oxygens (including phenoxy) is 1. The van der Waals surface area contributed by atoms with E-state index in [-0.39, 0.29) is 23.9 Å². The maximum absolute atomic E-state index is 12.3. The Hall–Kier alpha value is -1.26. The van der Waals surface area contributed by atoms with Crippen LogP contribution in [-0.4, -0.2) is 34.0 Å². The summed E-state index contributed by atoms with van der Waals surface area (Å²) in [5.41, 5.74) is -1.75. The van der Waals surface area contributed by atoms with Crippen LogP contribution < -0.4 is 0 Å². The highest BCUT2D eigenvalue weighted by Gasteiger charge is 2.56. The van der Waals surface area contributed by atoms with Crippen molar-refractivity contribution < 1.29 is 19.4 Å². The molecule has 3 atom stereocenters. The van der Waals surface area contributed by atoms with E-state index in [2.05, 4.69) is 6.58 Å². The fourth-order valence-electron chi connectivity index (χ4n) is 2.81. The molecule has 2 rings (SSSR count). The summed E-state index contributed by atoms with van der Waals surface area (Å²) in [6, 6.07) is 0. The molecule has 4 nitrogen and oxygen atoms in total. The van der Waals surface area contributed by atoms with Crippen molar-refractivity contribution >= 4 is 11.6 Å². The van der Waals surface area contributed by atoms with Gasteiger partial charge < -0.3 is 9.84 Å². The van der Waals surface area contributed by atoms with Gasteiger partial charge in [-0.2, -0.15) is 0 Å². The van der Waals surface area contributed by atoms with E-state index in [9.17, 15) is 14.7 Å². The van der Waals surface area contributed by atoms with Gasteiger partial charge in [-0.3, -0.25) is 9.59 Å². The third-order valence-corrected chi connectivity index (χ3v) is 4.12. The van der Waals surface area contributed by atoms with E-state index < -0.39 is 17.3 Å². The number of rotatable bonds is 2. The van der Waals surface area contributed by atoms with Crippen molar-refractivity contribution in [3.05, 3.63) is 24.3 Å². The molecule has 0 aromatic carbocycles. The summed E-state index contributed by atoms with van der Waals surface area (Å²) in [7, 11) is 0. The van der Waals surface area contributed by atoms with Gasteiger partial charge in [0.2, 0.25) is 0 Å². The molecule has 1 aliphatic carbocycles. The van der Waals surface area contributed by atoms with Crippen LogP contribution in [0.4, 0.5) is 0 Å². The standard InChI is InChI=1S/C15H20O4/c1-5-10-7-13(14(3,4)18)19-15(10)8-11(16)9(2)6-12(15)17/h5-6,10,13,18H,1,7-8H2,2-4H3. The lowest BCUT2D eigenvalue weighted by Crippen LogP contribution is -2.49. The number of carbonyl (C=O) groups excluding carboxylic acids is 2. The van der Waals surface area contributed by atoms with E-state index >= 15 is 0 Å². The zero-order chi connectivity index (χ0) is 14.4. The fraction of sp³-hybridized carbons (Fsp3) is 0.600. The van der Waals surface area contributed by atoms with Gasteiger partial charge in [0.25, 0.3) is 0 Å². The van der Waals surface area contributed by atoms with Crippen LogP contribution in [0.25, 0.3) is 0 Å². The monoisotopic (exact) mass is 264 g/mol. The molecule has 104 valence electrons. The van der Waals surface area contributed by atoms with E-state index in [4.69, 9.17) is 4.74 Å². The highest BCUT2D eigenvalue weighted by molar-refractivity contribution is 6.12. The van der Waals surface area contributed by atoms with Gasteiger partial charge in [0, 0.05) is 12.3 Å². The lowest BCUT2D eigenvalue weighted by molar-refractivity contribution is -0.159. The number of Topliss-reactive ketones (excluding diaryl/α,β-unsaturated/α-hetero) is 1. The van der Waals surface area contributed by atoms with Crippen molar-refractivity contribution in [2.24, 2.45) is 5.92 Å². The minimum Gasteiger partial charge on any atom is -0.388 e. The average Bonchev–Trinajstić information content (AvgIpc) is 2.66. The van der Waals surface area contributed by atoms with Crippen molar-refractivity contribution in [1.29, 1.82) is 0 Å². The van der Waals surface area contributed by atoms with Crippen LogP contribution >= 0.6 is 0 Å². The Morgan fingerprint density at radius 3 is 2.68 bits per heavy atom. The zero-order valence-electron chi connectivity index (χ0n) is 11.6. The summed E-state index contributed by atoms with van der Waals surface area (Å²) in [5, 5.41) is 10.1. The van der Waals surface area contributed by atoms with Crippen molar-refractivity contribution in [1.82, 2.24) is 0 Å². The second kappa shape index (κ2) is 4.39. The Morgan fingerprint density at radius 1 is 1.53 bits per heavy atom. The molecule has 0 aromatic rings. The minimum absolute atomic E-state index is 0.0391. The first-order valence-electron chi connectivity index (χ1n) is 6.49. The number of hydrogen-bond acceptors (Lipinski definition) is 4. The Kier molecular flexibility index (Phi) is 3.27. The highest BCUT2D eigenvalue weighted by Crippen LogP contribution is 2.45. The maximum Gasteiger partial charge on any atom is 0.188 e. The van der Waals surface area contributed by atoms with Crippen LogP contribution in [0.3, 0.4) is 0 Å². The normalized spacial score (nSPS) is 35.7. The Bertz CT molecular complexity index is 469. The van der Waals surface area contributed by atoms with Crippen LogP contribution in [0.15, 0.2) is 24.3 Å². The topological polar surface area (TPSA) is 63.6 Å². The first kappa shape index (κ1) is 14.2. The molecule has 0 amide bonds. The molecule has 0 radical (unpaired) electrons. The van der Waals surface area contributed by atoms with Gasteiger partial charge in [-0.1, -0.05) is 6.08 Å². The molecule has 19 heavy (non-hydrogen) atoms. The van der Waals surface area contributed by atoms with Crippen molar-refractivity contribution in [2.75, 3.05) is 0 Å². The molecule has 1 N–H and O–H groups in total. The molecule has 1 aliphatic heterocycles. The number of hydrogen-bond donors (Lipinski definition) is 1. The van der Waals surface area contributed by atoms with E-state index in [0.717, 1.165) is 0 Å². The van der Waals surface area contributed by atoms with E-state index in [1.54, 1.807) is 26.8 Å². The van der Waals surface area contributed by atoms with Crippen LogP contribution in [0.5, 0.6) is 0 Å². The van der Waals surface area contributed by atoms with Gasteiger partial charge in [-0.25, -0.2) is 0 Å². The first-order valence-corrected chi connectivity index (χ1v) is 6.49. The highest BCUT2D eigenvalue weighted by atomic mass is 16.5. The predicted octanol–water partition coefficient (Wildman–Crippen LogP) is 1.58. The summed E-state index contributed by atoms with van der Waals surface area (Å²) in [6.07, 6.45) is 3.08. The van der Waals surface area contributed by atoms with Crippen LogP contribution in [-0.2, 0) is 14.3 Å². The van der Waals surface area contributed by atoms with E-state index in [1.165, 1.54) is 6.08 Å². The summed E-state index contributed by atoms with van der Waals surface area (Å²) in [6.45, 7) is 8.67. The molecule has 2 aliphatic rings. The number of allylic oxidation sites excluding steroid dienone is 1. The van der Waals surface area contributed by atoms with E-state index in [0.29, 0.717) is 12.0 Å². The summed E-state index contributed by atoms with van der Waals surface area (Å²) < 4.78 is 5.85. The molecule has 0 bridgehead atoms. The SMILES string of the molecule is C=CC1CC(C(C)(C)O)OC12CC(=O)C(C)=CC2=O. The minimum atomic E-state index is -1.16. The summed E-state index contributed by atoms with van der Waals surface area (Å²) in [4.78, 5) is 24.3.